The average Bonchev–Trinajstić information content (AvgIpc) is 3.63. The van der Waals surface area contributed by atoms with Crippen molar-refractivity contribution in [2.75, 3.05) is 35.5 Å². The fourth-order valence-corrected chi connectivity index (χ4v) is 5.38. The summed E-state index contributed by atoms with van der Waals surface area (Å²) in [5, 5.41) is 10.9. The van der Waals surface area contributed by atoms with Gasteiger partial charge in [0.15, 0.2) is 6.29 Å². The Kier molecular flexibility index (Phi) is 11.5. The highest BCUT2D eigenvalue weighted by Gasteiger charge is 2.49. The Morgan fingerprint density at radius 3 is 2.12 bits per heavy atom. The summed E-state index contributed by atoms with van der Waals surface area (Å²) in [4.78, 5) is 0. The molecule has 1 saturated carbocycles. The number of allylic oxidation sites excluding steroid dienone is 2. The third kappa shape index (κ3) is 6.66. The Bertz CT molecular complexity index is 632. The van der Waals surface area contributed by atoms with E-state index in [4.69, 9.17) is 28.4 Å². The van der Waals surface area contributed by atoms with Crippen molar-refractivity contribution in [1.29, 1.82) is 0 Å². The van der Waals surface area contributed by atoms with Gasteiger partial charge in [0.1, 0.15) is 24.4 Å². The van der Waals surface area contributed by atoms with E-state index in [-0.39, 0.29) is 42.5 Å². The Morgan fingerprint density at radius 1 is 0.970 bits per heavy atom. The van der Waals surface area contributed by atoms with Crippen LogP contribution in [-0.4, -0.2) is 83.6 Å². The largest absolute Gasteiger partial charge is 0.392 e. The highest BCUT2D eigenvalue weighted by molar-refractivity contribution is 5.19. The maximum atomic E-state index is 10.9. The standard InChI is InChI=1S/C26H46O7/c1-10-20(28-5)17(4)18-14-19(18)21(27)15(2)12-11-13-16(3)22-23(29-6)24(30-7)25(31-8)26(32-9)33-22/h11-13,15,17-27H,10,14H2,1-9H3/b12-11+,16-13+/t15-,17-,18+,19?,20-,21+,22+,23+,24-,25+,26+/m0/s1. The molecular formula is C26H46O7. The lowest BCUT2D eigenvalue weighted by atomic mass is 9.91. The first-order valence-corrected chi connectivity index (χ1v) is 12.1. The summed E-state index contributed by atoms with van der Waals surface area (Å²) in [5.41, 5.74) is 0.988. The summed E-state index contributed by atoms with van der Waals surface area (Å²) >= 11 is 0. The molecule has 0 amide bonds. The van der Waals surface area contributed by atoms with Gasteiger partial charge in [-0.15, -0.1) is 0 Å². The lowest BCUT2D eigenvalue weighted by molar-refractivity contribution is -0.295. The van der Waals surface area contributed by atoms with E-state index in [2.05, 4.69) is 26.8 Å². The molecule has 11 atom stereocenters. The smallest absolute Gasteiger partial charge is 0.186 e. The molecule has 1 aliphatic heterocycles. The maximum absolute atomic E-state index is 10.9. The number of methoxy groups -OCH3 is 5. The van der Waals surface area contributed by atoms with Gasteiger partial charge in [-0.1, -0.05) is 39.0 Å². The summed E-state index contributed by atoms with van der Waals surface area (Å²) < 4.78 is 34.2. The Balaban J connectivity index is 2.02. The van der Waals surface area contributed by atoms with Crippen LogP contribution in [0, 0.1) is 23.7 Å². The van der Waals surface area contributed by atoms with Crippen molar-refractivity contribution in [3.63, 3.8) is 0 Å². The van der Waals surface area contributed by atoms with Crippen molar-refractivity contribution in [3.8, 4) is 0 Å². The first-order valence-electron chi connectivity index (χ1n) is 12.1. The van der Waals surface area contributed by atoms with E-state index < -0.39 is 6.29 Å². The second kappa shape index (κ2) is 13.3. The van der Waals surface area contributed by atoms with Crippen LogP contribution in [0.2, 0.25) is 0 Å². The minimum atomic E-state index is -0.558. The van der Waals surface area contributed by atoms with E-state index >= 15 is 0 Å². The Labute approximate surface area is 200 Å². The normalized spacial score (nSPS) is 36.5. The zero-order valence-electron chi connectivity index (χ0n) is 21.9. The molecule has 0 aromatic heterocycles. The molecule has 0 spiro atoms. The predicted molar refractivity (Wildman–Crippen MR) is 128 cm³/mol. The highest BCUT2D eigenvalue weighted by atomic mass is 16.7. The molecule has 0 aromatic carbocycles. The summed E-state index contributed by atoms with van der Waals surface area (Å²) in [5.74, 6) is 1.39. The monoisotopic (exact) mass is 470 g/mol. The van der Waals surface area contributed by atoms with Crippen LogP contribution in [0.25, 0.3) is 0 Å². The van der Waals surface area contributed by atoms with Crippen LogP contribution in [0.5, 0.6) is 0 Å². The van der Waals surface area contributed by atoms with Crippen molar-refractivity contribution >= 4 is 0 Å². The van der Waals surface area contributed by atoms with Crippen LogP contribution in [0.3, 0.4) is 0 Å². The molecule has 33 heavy (non-hydrogen) atoms. The van der Waals surface area contributed by atoms with Crippen LogP contribution in [0.1, 0.15) is 40.5 Å². The van der Waals surface area contributed by atoms with Gasteiger partial charge in [0, 0.05) is 41.5 Å². The van der Waals surface area contributed by atoms with E-state index in [9.17, 15) is 5.11 Å². The number of ether oxygens (including phenoxy) is 6. The molecular weight excluding hydrogens is 424 g/mol. The summed E-state index contributed by atoms with van der Waals surface area (Å²) in [6.07, 6.45) is 6.10. The van der Waals surface area contributed by atoms with Gasteiger partial charge in [0.05, 0.1) is 12.2 Å². The Hall–Kier alpha value is -0.800. The molecule has 7 nitrogen and oxygen atoms in total. The third-order valence-corrected chi connectivity index (χ3v) is 7.60. The van der Waals surface area contributed by atoms with Crippen LogP contribution < -0.4 is 0 Å². The van der Waals surface area contributed by atoms with Gasteiger partial charge in [0.2, 0.25) is 0 Å². The predicted octanol–water partition coefficient (Wildman–Crippen LogP) is 3.60. The van der Waals surface area contributed by atoms with Crippen LogP contribution in [0.15, 0.2) is 23.8 Å². The quantitative estimate of drug-likeness (QED) is 0.412. The summed E-state index contributed by atoms with van der Waals surface area (Å²) in [6.45, 7) is 8.47. The number of aliphatic hydroxyl groups excluding tert-OH is 1. The fourth-order valence-electron chi connectivity index (χ4n) is 5.38. The van der Waals surface area contributed by atoms with E-state index in [1.165, 1.54) is 0 Å². The second-order valence-corrected chi connectivity index (χ2v) is 9.51. The lowest BCUT2D eigenvalue weighted by Crippen LogP contribution is -2.60. The number of aliphatic hydroxyl groups is 1. The van der Waals surface area contributed by atoms with Gasteiger partial charge in [-0.25, -0.2) is 0 Å². The number of hydrogen-bond donors (Lipinski definition) is 1. The molecule has 192 valence electrons. The highest BCUT2D eigenvalue weighted by Crippen LogP contribution is 2.49. The van der Waals surface area contributed by atoms with Gasteiger partial charge in [-0.2, -0.15) is 0 Å². The van der Waals surface area contributed by atoms with Crippen molar-refractivity contribution in [1.82, 2.24) is 0 Å². The first kappa shape index (κ1) is 28.4. The summed E-state index contributed by atoms with van der Waals surface area (Å²) in [7, 11) is 8.27. The zero-order valence-corrected chi connectivity index (χ0v) is 21.9. The van der Waals surface area contributed by atoms with E-state index in [1.54, 1.807) is 35.5 Å². The molecule has 1 aliphatic carbocycles. The topological polar surface area (TPSA) is 75.6 Å². The Morgan fingerprint density at radius 2 is 1.61 bits per heavy atom. The lowest BCUT2D eigenvalue weighted by Gasteiger charge is -2.44. The zero-order chi connectivity index (χ0) is 24.7. The average molecular weight is 471 g/mol. The summed E-state index contributed by atoms with van der Waals surface area (Å²) in [6, 6.07) is 0. The molecule has 0 bridgehead atoms. The van der Waals surface area contributed by atoms with Crippen molar-refractivity contribution in [2.24, 2.45) is 23.7 Å². The SMILES string of the molecule is CC[C@H](OC)[C@@H](C)[C@H]1CC1[C@H](O)[C@@H](C)/C=C/C=C(\C)[C@H]1O[C@@H](OC)[C@H](OC)[C@@H](OC)[C@@H]1OC. The molecule has 0 radical (unpaired) electrons. The maximum Gasteiger partial charge on any atom is 0.186 e. The minimum absolute atomic E-state index is 0.0562. The van der Waals surface area contributed by atoms with Crippen LogP contribution in [0.4, 0.5) is 0 Å². The molecule has 1 saturated heterocycles. The van der Waals surface area contributed by atoms with E-state index in [1.807, 2.05) is 19.1 Å². The molecule has 2 rings (SSSR count). The van der Waals surface area contributed by atoms with Gasteiger partial charge in [-0.05, 0) is 43.1 Å². The van der Waals surface area contributed by atoms with E-state index in [0.717, 1.165) is 18.4 Å². The van der Waals surface area contributed by atoms with Crippen LogP contribution >= 0.6 is 0 Å². The van der Waals surface area contributed by atoms with Gasteiger partial charge in [-0.3, -0.25) is 0 Å². The van der Waals surface area contributed by atoms with E-state index in [0.29, 0.717) is 17.8 Å². The minimum Gasteiger partial charge on any atom is -0.392 e. The molecule has 1 unspecified atom stereocenters. The first-order chi connectivity index (χ1) is 15.8. The molecule has 0 aromatic rings. The third-order valence-electron chi connectivity index (χ3n) is 7.60. The molecule has 1 N–H and O–H groups in total. The molecule has 2 aliphatic rings. The van der Waals surface area contributed by atoms with Gasteiger partial charge >= 0.3 is 0 Å². The van der Waals surface area contributed by atoms with Gasteiger partial charge < -0.3 is 33.5 Å². The fraction of sp³-hybridized carbons (Fsp3) is 0.846. The van der Waals surface area contributed by atoms with Crippen molar-refractivity contribution < 1.29 is 33.5 Å². The number of hydrogen-bond acceptors (Lipinski definition) is 7. The van der Waals surface area contributed by atoms with Crippen molar-refractivity contribution in [2.45, 2.75) is 83.5 Å². The van der Waals surface area contributed by atoms with Crippen LogP contribution in [-0.2, 0) is 28.4 Å². The van der Waals surface area contributed by atoms with Gasteiger partial charge in [0.25, 0.3) is 0 Å². The molecule has 2 fully saturated rings. The second-order valence-electron chi connectivity index (χ2n) is 9.51. The molecule has 7 heteroatoms. The number of rotatable bonds is 13. The van der Waals surface area contributed by atoms with Crippen molar-refractivity contribution in [3.05, 3.63) is 23.8 Å². The molecule has 1 heterocycles.